The molecule has 0 bridgehead atoms. The van der Waals surface area contributed by atoms with Crippen molar-refractivity contribution < 1.29 is 52.7 Å². The highest BCUT2D eigenvalue weighted by molar-refractivity contribution is 5.91. The maximum Gasteiger partial charge on any atom is 0.513 e. The molecule has 0 aliphatic heterocycles. The van der Waals surface area contributed by atoms with Crippen molar-refractivity contribution in [1.82, 2.24) is 0 Å². The molecular weight excluding hydrogens is 560 g/mol. The summed E-state index contributed by atoms with van der Waals surface area (Å²) in [6.45, 7) is 8.86. The molecule has 0 saturated carbocycles. The summed E-state index contributed by atoms with van der Waals surface area (Å²) in [7, 11) is 0. The van der Waals surface area contributed by atoms with Crippen molar-refractivity contribution in [2.75, 3.05) is 26.4 Å². The first-order valence-electron chi connectivity index (χ1n) is 14.0. The molecular formula is C32H38O11. The fourth-order valence-corrected chi connectivity index (χ4v) is 3.56. The summed E-state index contributed by atoms with van der Waals surface area (Å²) < 4.78 is 31.0. The minimum Gasteiger partial charge on any atom is -0.493 e. The second kappa shape index (κ2) is 19.5. The molecule has 11 nitrogen and oxygen atoms in total. The van der Waals surface area contributed by atoms with Gasteiger partial charge >= 0.3 is 24.1 Å². The van der Waals surface area contributed by atoms with Crippen LogP contribution in [0.4, 0.5) is 4.79 Å². The lowest BCUT2D eigenvalue weighted by Crippen LogP contribution is -2.13. The summed E-state index contributed by atoms with van der Waals surface area (Å²) in [6, 6.07) is 11.0. The van der Waals surface area contributed by atoms with Crippen LogP contribution in [0.2, 0.25) is 0 Å². The zero-order valence-corrected chi connectivity index (χ0v) is 24.3. The van der Waals surface area contributed by atoms with E-state index in [1.165, 1.54) is 24.3 Å². The van der Waals surface area contributed by atoms with E-state index in [2.05, 4.69) is 17.9 Å². The van der Waals surface area contributed by atoms with Gasteiger partial charge in [0.1, 0.15) is 17.2 Å². The Balaban J connectivity index is 1.73. The van der Waals surface area contributed by atoms with Crippen LogP contribution in [-0.4, -0.2) is 55.6 Å². The van der Waals surface area contributed by atoms with E-state index in [4.69, 9.17) is 28.8 Å². The summed E-state index contributed by atoms with van der Waals surface area (Å²) in [5.74, 6) is -0.367. The van der Waals surface area contributed by atoms with Crippen molar-refractivity contribution in [3.63, 3.8) is 0 Å². The average molecular weight is 599 g/mol. The number of unbranched alkanes of at least 4 members (excludes halogenated alkanes) is 3. The predicted octanol–water partition coefficient (Wildman–Crippen LogP) is 5.48. The van der Waals surface area contributed by atoms with Gasteiger partial charge in [0.15, 0.2) is 0 Å². The van der Waals surface area contributed by atoms with E-state index in [-0.39, 0.29) is 36.3 Å². The quantitative estimate of drug-likeness (QED) is 0.0417. The fraction of sp³-hybridized carbons (Fsp3) is 0.375. The normalized spacial score (nSPS) is 10.3. The first-order valence-corrected chi connectivity index (χ1v) is 14.0. The Hall–Kier alpha value is -4.64. The number of rotatable bonds is 19. The minimum absolute atomic E-state index is 0.0302. The summed E-state index contributed by atoms with van der Waals surface area (Å²) in [6.07, 6.45) is 4.38. The Labute approximate surface area is 251 Å². The van der Waals surface area contributed by atoms with Crippen LogP contribution < -0.4 is 14.2 Å². The van der Waals surface area contributed by atoms with Crippen molar-refractivity contribution in [2.24, 2.45) is 0 Å². The molecule has 0 aromatic heterocycles. The molecule has 0 amide bonds. The SMILES string of the molecule is C=COC(=O)CCCCCOc1ccc(C(=O)Oc2ccc(OC(=O)OCCCCOC(=O)C(=C)CO)cc2)cc1CC. The Kier molecular flexibility index (Phi) is 15.7. The molecule has 0 aliphatic rings. The molecule has 2 rings (SSSR count). The van der Waals surface area contributed by atoms with Crippen molar-refractivity contribution in [2.45, 2.75) is 51.9 Å². The number of aliphatic hydroxyl groups excluding tert-OH is 1. The largest absolute Gasteiger partial charge is 0.513 e. The topological polar surface area (TPSA) is 144 Å². The number of aliphatic hydroxyl groups is 1. The van der Waals surface area contributed by atoms with Crippen LogP contribution in [0.25, 0.3) is 0 Å². The number of aryl methyl sites for hydroxylation is 1. The number of benzene rings is 2. The Morgan fingerprint density at radius 2 is 1.49 bits per heavy atom. The molecule has 0 aliphatic carbocycles. The first kappa shape index (κ1) is 34.6. The maximum atomic E-state index is 12.7. The standard InChI is InChI=1S/C32H38O11/c1-4-24-21-25(12-17-28(24)39-18-8-6-7-11-29(34)38-5-2)31(36)42-26-13-15-27(16-14-26)43-32(37)41-20-10-9-19-40-30(35)23(3)22-33/h5,12-17,21,33H,2-4,6-11,18-20,22H2,1H3. The summed E-state index contributed by atoms with van der Waals surface area (Å²) >= 11 is 0. The molecule has 0 atom stereocenters. The first-order chi connectivity index (χ1) is 20.8. The summed E-state index contributed by atoms with van der Waals surface area (Å²) in [5, 5.41) is 8.81. The third-order valence-corrected chi connectivity index (χ3v) is 5.88. The second-order valence-electron chi connectivity index (χ2n) is 9.16. The third-order valence-electron chi connectivity index (χ3n) is 5.88. The van der Waals surface area contributed by atoms with Gasteiger partial charge in [0, 0.05) is 6.42 Å². The van der Waals surface area contributed by atoms with E-state index in [0.29, 0.717) is 50.0 Å². The highest BCUT2D eigenvalue weighted by atomic mass is 16.7. The smallest absolute Gasteiger partial charge is 0.493 e. The zero-order chi connectivity index (χ0) is 31.5. The lowest BCUT2D eigenvalue weighted by Gasteiger charge is -2.12. The van der Waals surface area contributed by atoms with E-state index < -0.39 is 24.7 Å². The van der Waals surface area contributed by atoms with Crippen LogP contribution in [0.3, 0.4) is 0 Å². The van der Waals surface area contributed by atoms with Gasteiger partial charge in [-0.3, -0.25) is 4.79 Å². The number of hydrogen-bond acceptors (Lipinski definition) is 11. The number of carbonyl (C=O) groups excluding carboxylic acids is 4. The number of carbonyl (C=O) groups is 4. The second-order valence-corrected chi connectivity index (χ2v) is 9.16. The molecule has 0 radical (unpaired) electrons. The third kappa shape index (κ3) is 13.3. The van der Waals surface area contributed by atoms with Crippen LogP contribution in [0.15, 0.2) is 67.5 Å². The van der Waals surface area contributed by atoms with Gasteiger partial charge in [-0.25, -0.2) is 14.4 Å². The molecule has 0 saturated heterocycles. The molecule has 232 valence electrons. The number of esters is 3. The van der Waals surface area contributed by atoms with Crippen LogP contribution in [0.1, 0.15) is 61.4 Å². The molecule has 1 N–H and O–H groups in total. The van der Waals surface area contributed by atoms with Gasteiger partial charge in [-0.1, -0.05) is 20.1 Å². The van der Waals surface area contributed by atoms with E-state index in [1.54, 1.807) is 18.2 Å². The number of hydrogen-bond donors (Lipinski definition) is 1. The van der Waals surface area contributed by atoms with Gasteiger partial charge < -0.3 is 33.5 Å². The molecule has 2 aromatic carbocycles. The van der Waals surface area contributed by atoms with Gasteiger partial charge in [0.25, 0.3) is 0 Å². The molecule has 0 heterocycles. The van der Waals surface area contributed by atoms with E-state index in [1.807, 2.05) is 6.92 Å². The van der Waals surface area contributed by atoms with Crippen LogP contribution in [0.5, 0.6) is 17.2 Å². The van der Waals surface area contributed by atoms with Crippen molar-refractivity contribution in [1.29, 1.82) is 0 Å². The molecule has 2 aromatic rings. The van der Waals surface area contributed by atoms with E-state index in [0.717, 1.165) is 24.7 Å². The van der Waals surface area contributed by atoms with Crippen LogP contribution >= 0.6 is 0 Å². The molecule has 43 heavy (non-hydrogen) atoms. The lowest BCUT2D eigenvalue weighted by atomic mass is 10.1. The predicted molar refractivity (Wildman–Crippen MR) is 156 cm³/mol. The minimum atomic E-state index is -0.905. The maximum absolute atomic E-state index is 12.7. The number of ether oxygens (including phenoxy) is 6. The Morgan fingerprint density at radius 1 is 0.837 bits per heavy atom. The van der Waals surface area contributed by atoms with Crippen LogP contribution in [0, 0.1) is 0 Å². The molecule has 0 spiro atoms. The van der Waals surface area contributed by atoms with Crippen molar-refractivity contribution in [3.8, 4) is 17.2 Å². The van der Waals surface area contributed by atoms with Crippen molar-refractivity contribution in [3.05, 3.63) is 78.6 Å². The van der Waals surface area contributed by atoms with Crippen molar-refractivity contribution >= 4 is 24.1 Å². The molecule has 11 heteroatoms. The lowest BCUT2D eigenvalue weighted by molar-refractivity contribution is -0.140. The average Bonchev–Trinajstić information content (AvgIpc) is 3.01. The highest BCUT2D eigenvalue weighted by Crippen LogP contribution is 2.24. The summed E-state index contributed by atoms with van der Waals surface area (Å²) in [4.78, 5) is 47.3. The fourth-order valence-electron chi connectivity index (χ4n) is 3.56. The van der Waals surface area contributed by atoms with Gasteiger partial charge in [-0.15, -0.1) is 0 Å². The molecule has 0 unspecified atom stereocenters. The van der Waals surface area contributed by atoms with Gasteiger partial charge in [0.2, 0.25) is 0 Å². The Bertz CT molecular complexity index is 1230. The van der Waals surface area contributed by atoms with Gasteiger partial charge in [0.05, 0.1) is 43.8 Å². The monoisotopic (exact) mass is 598 g/mol. The van der Waals surface area contributed by atoms with E-state index in [9.17, 15) is 19.2 Å². The van der Waals surface area contributed by atoms with Gasteiger partial charge in [-0.2, -0.15) is 0 Å². The zero-order valence-electron chi connectivity index (χ0n) is 24.3. The van der Waals surface area contributed by atoms with E-state index >= 15 is 0 Å². The van der Waals surface area contributed by atoms with Crippen LogP contribution in [-0.2, 0) is 30.2 Å². The van der Waals surface area contributed by atoms with Gasteiger partial charge in [-0.05, 0) is 86.6 Å². The molecule has 0 fully saturated rings. The highest BCUT2D eigenvalue weighted by Gasteiger charge is 2.14. The summed E-state index contributed by atoms with van der Waals surface area (Å²) in [5.41, 5.74) is 1.19. The Morgan fingerprint density at radius 3 is 2.14 bits per heavy atom.